The van der Waals surface area contributed by atoms with E-state index < -0.39 is 51.0 Å². The van der Waals surface area contributed by atoms with E-state index in [0.717, 1.165) is 5.75 Å². The molecule has 2 amide bonds. The van der Waals surface area contributed by atoms with Crippen molar-refractivity contribution in [3.63, 3.8) is 0 Å². The fraction of sp³-hybridized carbons (Fsp3) is 0.650. The van der Waals surface area contributed by atoms with Gasteiger partial charge < -0.3 is 45.3 Å². The minimum absolute atomic E-state index is 0.00394. The Morgan fingerprint density at radius 3 is 2.98 bits per heavy atom. The highest BCUT2D eigenvalue weighted by atomic mass is 32.2. The number of nitrogens with one attached hydrogen (secondary N) is 2. The van der Waals surface area contributed by atoms with Crippen LogP contribution in [0.5, 0.6) is 0 Å². The maximum atomic E-state index is 12.5. The number of azide groups is 1. The van der Waals surface area contributed by atoms with Crippen LogP contribution in [-0.2, 0) is 23.1 Å². The number of carbonyl (C=O) groups excluding carboxylic acids is 2. The van der Waals surface area contributed by atoms with Crippen molar-refractivity contribution in [2.24, 2.45) is 5.11 Å². The van der Waals surface area contributed by atoms with Gasteiger partial charge in [-0.05, 0) is 18.4 Å². The molecule has 0 saturated carbocycles. The predicted molar refractivity (Wildman–Crippen MR) is 138 cm³/mol. The quantitative estimate of drug-likeness (QED) is 0.0673. The number of fused-ring (bicyclic) bond motifs is 2. The molecule has 3 aliphatic rings. The van der Waals surface area contributed by atoms with Crippen molar-refractivity contribution in [3.05, 3.63) is 23.1 Å². The molecular formula is C20H26N10O9PS-. The maximum Gasteiger partial charge on any atom is 0.322 e. The number of imidazole rings is 1. The number of nitrogens with two attached hydrogens (primary N) is 1. The second-order valence-corrected chi connectivity index (χ2v) is 12.2. The summed E-state index contributed by atoms with van der Waals surface area (Å²) in [7, 11) is -5.30. The van der Waals surface area contributed by atoms with Gasteiger partial charge in [0.05, 0.1) is 25.0 Å². The molecule has 3 saturated heterocycles. The Kier molecular flexibility index (Phi) is 8.53. The van der Waals surface area contributed by atoms with Crippen LogP contribution >= 0.6 is 19.6 Å². The molecule has 2 aromatic rings. The lowest BCUT2D eigenvalue weighted by Crippen LogP contribution is -2.37. The summed E-state index contributed by atoms with van der Waals surface area (Å²) in [5.74, 6) is -0.506. The summed E-state index contributed by atoms with van der Waals surface area (Å²) in [6, 6.07) is -1.71. The lowest BCUT2D eigenvalue weighted by atomic mass is 10.0. The molecule has 6 N–H and O–H groups in total. The first-order valence-electron chi connectivity index (χ1n) is 12.4. The zero-order chi connectivity index (χ0) is 29.3. The molecular weight excluding hydrogens is 587 g/mol. The van der Waals surface area contributed by atoms with Crippen LogP contribution in [0.3, 0.4) is 0 Å². The van der Waals surface area contributed by atoms with E-state index in [9.17, 15) is 29.3 Å². The van der Waals surface area contributed by atoms with E-state index in [1.165, 1.54) is 17.2 Å². The molecule has 21 heteroatoms. The molecule has 0 radical (unpaired) electrons. The minimum Gasteiger partial charge on any atom is -0.746 e. The van der Waals surface area contributed by atoms with Gasteiger partial charge in [0.1, 0.15) is 36.2 Å². The molecule has 9 atom stereocenters. The van der Waals surface area contributed by atoms with Crippen LogP contribution in [0.1, 0.15) is 25.5 Å². The number of rotatable bonds is 11. The van der Waals surface area contributed by atoms with E-state index in [-0.39, 0.29) is 46.8 Å². The highest BCUT2D eigenvalue weighted by Crippen LogP contribution is 2.41. The molecule has 41 heavy (non-hydrogen) atoms. The van der Waals surface area contributed by atoms with E-state index in [1.54, 1.807) is 11.8 Å². The second kappa shape index (κ2) is 11.9. The number of aliphatic hydroxyl groups excluding tert-OH is 2. The van der Waals surface area contributed by atoms with Gasteiger partial charge in [0.2, 0.25) is 0 Å². The number of nitrogen functional groups attached to an aromatic ring is 1. The van der Waals surface area contributed by atoms with Gasteiger partial charge in [0.25, 0.3) is 0 Å². The summed E-state index contributed by atoms with van der Waals surface area (Å²) in [5.41, 5.74) is 15.1. The number of amides is 2. The van der Waals surface area contributed by atoms with E-state index in [2.05, 4.69) is 40.1 Å². The maximum absolute atomic E-state index is 12.5. The van der Waals surface area contributed by atoms with Gasteiger partial charge in [0.15, 0.2) is 17.7 Å². The molecule has 3 aliphatic heterocycles. The van der Waals surface area contributed by atoms with Crippen molar-refractivity contribution in [1.82, 2.24) is 30.2 Å². The number of carbonyl (C=O) groups is 2. The Hall–Kier alpha value is -3.22. The summed E-state index contributed by atoms with van der Waals surface area (Å²) in [5, 5.41) is 30.0. The van der Waals surface area contributed by atoms with Gasteiger partial charge in [-0.1, -0.05) is 11.5 Å². The Morgan fingerprint density at radius 2 is 2.20 bits per heavy atom. The Labute approximate surface area is 235 Å². The van der Waals surface area contributed by atoms with Crippen molar-refractivity contribution < 1.29 is 43.0 Å². The summed E-state index contributed by atoms with van der Waals surface area (Å²) in [6.07, 6.45) is -2.27. The molecule has 19 nitrogen and oxygen atoms in total. The highest BCUT2D eigenvalue weighted by Gasteiger charge is 2.45. The fourth-order valence-corrected chi connectivity index (χ4v) is 7.22. The molecule has 5 rings (SSSR count). The Balaban J connectivity index is 1.13. The van der Waals surface area contributed by atoms with E-state index >= 15 is 0 Å². The number of nitrogens with zero attached hydrogens (tertiary/aromatic N) is 7. The van der Waals surface area contributed by atoms with E-state index in [4.69, 9.17) is 20.5 Å². The van der Waals surface area contributed by atoms with Crippen LogP contribution in [0.15, 0.2) is 17.8 Å². The number of hydrogen-bond donors (Lipinski definition) is 5. The van der Waals surface area contributed by atoms with Crippen molar-refractivity contribution >= 4 is 48.6 Å². The number of hydrogen-bond acceptors (Lipinski definition) is 15. The normalized spacial score (nSPS) is 31.1. The lowest BCUT2D eigenvalue weighted by Gasteiger charge is -2.25. The number of phosphoric ester groups is 1. The topological polar surface area (TPSA) is 285 Å². The first-order valence-corrected chi connectivity index (χ1v) is 15.0. The number of phosphoric acid groups is 1. The number of thioether (sulfide) groups is 1. The molecule has 5 heterocycles. The molecule has 3 unspecified atom stereocenters. The third-order valence-corrected chi connectivity index (χ3v) is 9.34. The molecule has 0 spiro atoms. The van der Waals surface area contributed by atoms with Crippen LogP contribution in [0, 0.1) is 0 Å². The smallest absolute Gasteiger partial charge is 0.322 e. The first-order chi connectivity index (χ1) is 19.6. The van der Waals surface area contributed by atoms with Gasteiger partial charge in [-0.25, -0.2) is 19.7 Å². The third kappa shape index (κ3) is 6.19. The van der Waals surface area contributed by atoms with Crippen LogP contribution in [0.4, 0.5) is 10.6 Å². The predicted octanol–water partition coefficient (Wildman–Crippen LogP) is -0.929. The number of urea groups is 1. The van der Waals surface area contributed by atoms with Gasteiger partial charge in [-0.3, -0.25) is 13.9 Å². The third-order valence-electron chi connectivity index (χ3n) is 6.96. The molecule has 0 aliphatic carbocycles. The molecule has 3 fully saturated rings. The Bertz CT molecular complexity index is 1410. The first kappa shape index (κ1) is 29.3. The van der Waals surface area contributed by atoms with Crippen LogP contribution in [0.25, 0.3) is 21.6 Å². The highest BCUT2D eigenvalue weighted by molar-refractivity contribution is 8.00. The summed E-state index contributed by atoms with van der Waals surface area (Å²) in [6.45, 7) is -0.806. The number of ether oxygens (including phenoxy) is 1. The van der Waals surface area contributed by atoms with Gasteiger partial charge >= 0.3 is 19.8 Å². The average molecular weight is 614 g/mol. The Morgan fingerprint density at radius 1 is 1.39 bits per heavy atom. The van der Waals surface area contributed by atoms with E-state index in [1.807, 2.05) is 0 Å². The summed E-state index contributed by atoms with van der Waals surface area (Å²) in [4.78, 5) is 50.9. The fourth-order valence-electron chi connectivity index (χ4n) is 4.96. The molecule has 222 valence electrons. The average Bonchev–Trinajstić information content (AvgIpc) is 3.67. The summed E-state index contributed by atoms with van der Waals surface area (Å²) < 4.78 is 28.5. The largest absolute Gasteiger partial charge is 0.746 e. The second-order valence-electron chi connectivity index (χ2n) is 9.56. The molecule has 0 aromatic carbocycles. The number of aromatic nitrogens is 4. The van der Waals surface area contributed by atoms with Gasteiger partial charge in [0, 0.05) is 15.9 Å². The van der Waals surface area contributed by atoms with Crippen LogP contribution in [-0.4, -0.2) is 95.8 Å². The lowest BCUT2D eigenvalue weighted by molar-refractivity contribution is -0.227. The monoisotopic (exact) mass is 613 g/mol. The number of aliphatic hydroxyl groups is 2. The zero-order valence-corrected chi connectivity index (χ0v) is 22.8. The molecule has 0 bridgehead atoms. The van der Waals surface area contributed by atoms with Crippen molar-refractivity contribution in [2.75, 3.05) is 18.1 Å². The standard InChI is InChI=1S/C20H27N10O9PS/c21-16-13-17(24-6-23-16)30(7-25-13)18-15(32)14(31)10(38-18)4-37-40(35,36)39-19(33)8(28-29-22)2-1-3-11-12-9(5-41-11)26-20(34)27-12/h6-12,14-15,18,31-32H,1-5H2,(H,35,36)(H2,21,23,24)(H2,26,27,34)/p-1/t8?,9-,10+,11-,12-,14?,15-,18+/m0/s1. The minimum atomic E-state index is -5.30. The molecule has 2 aromatic heterocycles. The SMILES string of the molecule is [N-]=[N+]=NC(CCC[C@@H]1SC[C@@H]2NC(=O)N[C@@H]21)C(=O)OP(=O)([O-])OC[C@H]1O[C@@H](n2cnc3c(N)ncnc32)[C@@H](O)C1O. The van der Waals surface area contributed by atoms with Crippen LogP contribution < -0.4 is 21.3 Å². The van der Waals surface area contributed by atoms with Gasteiger partial charge in [-0.2, -0.15) is 11.8 Å². The number of anilines is 1. The zero-order valence-electron chi connectivity index (χ0n) is 21.1. The van der Waals surface area contributed by atoms with Crippen molar-refractivity contribution in [1.29, 1.82) is 0 Å². The summed E-state index contributed by atoms with van der Waals surface area (Å²) >= 11 is 1.66. The van der Waals surface area contributed by atoms with Crippen molar-refractivity contribution in [2.45, 2.75) is 67.2 Å². The van der Waals surface area contributed by atoms with Crippen LogP contribution in [0.2, 0.25) is 0 Å². The van der Waals surface area contributed by atoms with Crippen molar-refractivity contribution in [3.8, 4) is 0 Å². The van der Waals surface area contributed by atoms with E-state index in [0.29, 0.717) is 12.8 Å². The van der Waals surface area contributed by atoms with Gasteiger partial charge in [-0.15, -0.1) is 0 Å².